The van der Waals surface area contributed by atoms with Crippen LogP contribution in [0.5, 0.6) is 0 Å². The zero-order valence-electron chi connectivity index (χ0n) is 9.48. The second kappa shape index (κ2) is 5.87. The maximum Gasteiger partial charge on any atom is 0.160 e. The number of hydrogen-bond acceptors (Lipinski definition) is 3. The number of Topliss-reactive ketones (excluding diaryl/α,β-unsaturated/α-hetero) is 1. The maximum absolute atomic E-state index is 11.3. The molecule has 0 aliphatic rings. The predicted octanol–water partition coefficient (Wildman–Crippen LogP) is 4.85. The van der Waals surface area contributed by atoms with Crippen molar-refractivity contribution in [3.05, 3.63) is 51.6 Å². The standard InChI is InChI=1S/C13H9BrClNOS/c1-8(17)10-5-4-9(7-11(10)14)18-13-12(15)3-2-6-16-13/h2-7H,1H3. The van der Waals surface area contributed by atoms with Gasteiger partial charge in [-0.1, -0.05) is 39.3 Å². The number of carbonyl (C=O) groups is 1. The Morgan fingerprint density at radius 3 is 2.78 bits per heavy atom. The molecule has 1 aromatic heterocycles. The number of halogens is 2. The number of benzene rings is 1. The number of ketones is 1. The number of nitrogens with zero attached hydrogens (tertiary/aromatic N) is 1. The van der Waals surface area contributed by atoms with Gasteiger partial charge < -0.3 is 0 Å². The number of carbonyl (C=O) groups excluding carboxylic acids is 1. The molecular weight excluding hydrogens is 334 g/mol. The Bertz CT molecular complexity index is 603. The lowest BCUT2D eigenvalue weighted by Crippen LogP contribution is -1.93. The monoisotopic (exact) mass is 341 g/mol. The summed E-state index contributed by atoms with van der Waals surface area (Å²) in [6.07, 6.45) is 1.70. The highest BCUT2D eigenvalue weighted by Crippen LogP contribution is 2.33. The molecule has 0 aliphatic heterocycles. The summed E-state index contributed by atoms with van der Waals surface area (Å²) in [5.41, 5.74) is 0.673. The molecule has 5 heteroatoms. The zero-order valence-corrected chi connectivity index (χ0v) is 12.6. The maximum atomic E-state index is 11.3. The molecule has 1 heterocycles. The highest BCUT2D eigenvalue weighted by molar-refractivity contribution is 9.10. The van der Waals surface area contributed by atoms with E-state index in [2.05, 4.69) is 20.9 Å². The number of pyridine rings is 1. The first-order valence-corrected chi connectivity index (χ1v) is 7.15. The largest absolute Gasteiger partial charge is 0.294 e. The van der Waals surface area contributed by atoms with Gasteiger partial charge in [-0.25, -0.2) is 4.98 Å². The molecule has 0 fully saturated rings. The minimum absolute atomic E-state index is 0.0364. The topological polar surface area (TPSA) is 30.0 Å². The van der Waals surface area contributed by atoms with Crippen LogP contribution >= 0.6 is 39.3 Å². The summed E-state index contributed by atoms with van der Waals surface area (Å²) in [7, 11) is 0. The van der Waals surface area contributed by atoms with Gasteiger partial charge in [0.2, 0.25) is 0 Å². The average molecular weight is 343 g/mol. The van der Waals surface area contributed by atoms with Crippen LogP contribution in [0.4, 0.5) is 0 Å². The molecule has 92 valence electrons. The van der Waals surface area contributed by atoms with E-state index < -0.39 is 0 Å². The van der Waals surface area contributed by atoms with Gasteiger partial charge in [0.1, 0.15) is 5.03 Å². The van der Waals surface area contributed by atoms with Crippen molar-refractivity contribution < 1.29 is 4.79 Å². The molecule has 2 rings (SSSR count). The van der Waals surface area contributed by atoms with E-state index >= 15 is 0 Å². The van der Waals surface area contributed by atoms with E-state index in [1.807, 2.05) is 12.1 Å². The van der Waals surface area contributed by atoms with Crippen LogP contribution in [0.2, 0.25) is 5.02 Å². The van der Waals surface area contributed by atoms with Crippen LogP contribution in [0.15, 0.2) is 50.9 Å². The number of aromatic nitrogens is 1. The normalized spacial score (nSPS) is 10.4. The zero-order chi connectivity index (χ0) is 13.1. The molecule has 0 N–H and O–H groups in total. The van der Waals surface area contributed by atoms with Gasteiger partial charge in [-0.15, -0.1) is 0 Å². The van der Waals surface area contributed by atoms with Crippen LogP contribution in [-0.4, -0.2) is 10.8 Å². The molecule has 0 saturated heterocycles. The Hall–Kier alpha value is -0.840. The van der Waals surface area contributed by atoms with Gasteiger partial charge in [-0.05, 0) is 37.3 Å². The summed E-state index contributed by atoms with van der Waals surface area (Å²) in [6.45, 7) is 1.54. The van der Waals surface area contributed by atoms with Crippen molar-refractivity contribution in [2.45, 2.75) is 16.8 Å². The highest BCUT2D eigenvalue weighted by Gasteiger charge is 2.08. The van der Waals surface area contributed by atoms with Gasteiger partial charge in [0.15, 0.2) is 5.78 Å². The first-order chi connectivity index (χ1) is 8.58. The molecule has 2 aromatic rings. The van der Waals surface area contributed by atoms with E-state index in [-0.39, 0.29) is 5.78 Å². The molecule has 0 aliphatic carbocycles. The molecule has 2 nitrogen and oxygen atoms in total. The summed E-state index contributed by atoms with van der Waals surface area (Å²) in [4.78, 5) is 16.5. The van der Waals surface area contributed by atoms with Crippen LogP contribution < -0.4 is 0 Å². The van der Waals surface area contributed by atoms with Crippen LogP contribution in [0.25, 0.3) is 0 Å². The van der Waals surface area contributed by atoms with Crippen molar-refractivity contribution in [2.75, 3.05) is 0 Å². The third-order valence-electron chi connectivity index (χ3n) is 2.26. The van der Waals surface area contributed by atoms with Gasteiger partial charge in [-0.2, -0.15) is 0 Å². The third kappa shape index (κ3) is 3.13. The van der Waals surface area contributed by atoms with E-state index in [0.717, 1.165) is 14.4 Å². The molecule has 18 heavy (non-hydrogen) atoms. The lowest BCUT2D eigenvalue weighted by Gasteiger charge is -2.05. The van der Waals surface area contributed by atoms with Crippen molar-refractivity contribution in [3.63, 3.8) is 0 Å². The van der Waals surface area contributed by atoms with Crippen LogP contribution in [-0.2, 0) is 0 Å². The van der Waals surface area contributed by atoms with Crippen LogP contribution in [0, 0.1) is 0 Å². The smallest absolute Gasteiger partial charge is 0.160 e. The van der Waals surface area contributed by atoms with E-state index in [9.17, 15) is 4.79 Å². The van der Waals surface area contributed by atoms with Crippen molar-refractivity contribution >= 4 is 45.1 Å². The first-order valence-electron chi connectivity index (χ1n) is 5.17. The fourth-order valence-electron chi connectivity index (χ4n) is 1.40. The van der Waals surface area contributed by atoms with Gasteiger partial charge in [-0.3, -0.25) is 4.79 Å². The molecule has 0 amide bonds. The Labute approximate surface area is 123 Å². The molecule has 0 bridgehead atoms. The minimum atomic E-state index is 0.0364. The molecule has 0 spiro atoms. The Balaban J connectivity index is 2.29. The molecule has 0 unspecified atom stereocenters. The quantitative estimate of drug-likeness (QED) is 0.747. The van der Waals surface area contributed by atoms with E-state index in [1.165, 1.54) is 11.8 Å². The Kier molecular flexibility index (Phi) is 4.43. The van der Waals surface area contributed by atoms with Gasteiger partial charge in [0, 0.05) is 21.1 Å². The Morgan fingerprint density at radius 1 is 1.39 bits per heavy atom. The minimum Gasteiger partial charge on any atom is -0.294 e. The fraction of sp³-hybridized carbons (Fsp3) is 0.0769. The van der Waals surface area contributed by atoms with Crippen molar-refractivity contribution in [3.8, 4) is 0 Å². The second-order valence-corrected chi connectivity index (χ2v) is 5.91. The third-order valence-corrected chi connectivity index (χ3v) is 4.34. The van der Waals surface area contributed by atoms with Crippen molar-refractivity contribution in [1.29, 1.82) is 0 Å². The molecular formula is C13H9BrClNOS. The summed E-state index contributed by atoms with van der Waals surface area (Å²) < 4.78 is 0.784. The Morgan fingerprint density at radius 2 is 2.17 bits per heavy atom. The van der Waals surface area contributed by atoms with Crippen molar-refractivity contribution in [1.82, 2.24) is 4.98 Å². The lowest BCUT2D eigenvalue weighted by molar-refractivity contribution is 0.101. The first kappa shape index (κ1) is 13.6. The summed E-state index contributed by atoms with van der Waals surface area (Å²) in [6, 6.07) is 9.17. The van der Waals surface area contributed by atoms with Gasteiger partial charge >= 0.3 is 0 Å². The summed E-state index contributed by atoms with van der Waals surface area (Å²) in [5.74, 6) is 0.0364. The number of rotatable bonds is 3. The van der Waals surface area contributed by atoms with Crippen molar-refractivity contribution in [2.24, 2.45) is 0 Å². The van der Waals surface area contributed by atoms with Crippen LogP contribution in [0.1, 0.15) is 17.3 Å². The number of hydrogen-bond donors (Lipinski definition) is 0. The highest BCUT2D eigenvalue weighted by atomic mass is 79.9. The molecule has 0 atom stereocenters. The molecule has 0 radical (unpaired) electrons. The van der Waals surface area contributed by atoms with Crippen LogP contribution in [0.3, 0.4) is 0 Å². The molecule has 1 aromatic carbocycles. The van der Waals surface area contributed by atoms with E-state index in [0.29, 0.717) is 10.6 Å². The summed E-state index contributed by atoms with van der Waals surface area (Å²) >= 11 is 10.9. The SMILES string of the molecule is CC(=O)c1ccc(Sc2ncccc2Cl)cc1Br. The second-order valence-electron chi connectivity index (χ2n) is 3.59. The van der Waals surface area contributed by atoms with E-state index in [1.54, 1.807) is 31.3 Å². The lowest BCUT2D eigenvalue weighted by atomic mass is 10.2. The summed E-state index contributed by atoms with van der Waals surface area (Å²) in [5, 5.41) is 1.37. The average Bonchev–Trinajstić information content (AvgIpc) is 2.32. The fourth-order valence-corrected chi connectivity index (χ4v) is 3.26. The van der Waals surface area contributed by atoms with Gasteiger partial charge in [0.05, 0.1) is 5.02 Å². The van der Waals surface area contributed by atoms with Gasteiger partial charge in [0.25, 0.3) is 0 Å². The predicted molar refractivity (Wildman–Crippen MR) is 77.5 cm³/mol. The van der Waals surface area contributed by atoms with E-state index in [4.69, 9.17) is 11.6 Å². The molecule has 0 saturated carbocycles.